The zero-order chi connectivity index (χ0) is 14.2. The summed E-state index contributed by atoms with van der Waals surface area (Å²) in [5.41, 5.74) is 0. The molecule has 0 radical (unpaired) electrons. The van der Waals surface area contributed by atoms with Gasteiger partial charge in [0.15, 0.2) is 0 Å². The fourth-order valence-electron chi connectivity index (χ4n) is 3.30. The molecular formula is C15H24N2O2. The van der Waals surface area contributed by atoms with Crippen LogP contribution in [0.5, 0.6) is 0 Å². The molecule has 4 nitrogen and oxygen atoms in total. The Kier molecular flexibility index (Phi) is 3.97. The van der Waals surface area contributed by atoms with E-state index in [2.05, 4.69) is 22.8 Å². The molecule has 0 aliphatic heterocycles. The minimum Gasteiger partial charge on any atom is -0.354 e. The maximum Gasteiger partial charge on any atom is 0.224 e. The zero-order valence-electron chi connectivity index (χ0n) is 12.1. The van der Waals surface area contributed by atoms with Crippen molar-refractivity contribution in [2.24, 2.45) is 23.7 Å². The lowest BCUT2D eigenvalue weighted by atomic mass is 9.81. The monoisotopic (exact) mass is 264 g/mol. The third-order valence-electron chi connectivity index (χ3n) is 3.93. The Bertz CT molecular complexity index is 365. The Morgan fingerprint density at radius 1 is 0.895 bits per heavy atom. The van der Waals surface area contributed by atoms with E-state index in [0.29, 0.717) is 0 Å². The third-order valence-corrected chi connectivity index (χ3v) is 3.93. The number of hydrogen-bond donors (Lipinski definition) is 2. The van der Waals surface area contributed by atoms with Gasteiger partial charge < -0.3 is 10.6 Å². The highest BCUT2D eigenvalue weighted by molar-refractivity contribution is 5.90. The minimum absolute atomic E-state index is 0.0238. The molecule has 2 N–H and O–H groups in total. The van der Waals surface area contributed by atoms with Gasteiger partial charge in [0.25, 0.3) is 0 Å². The van der Waals surface area contributed by atoms with Crippen LogP contribution in [0.4, 0.5) is 0 Å². The van der Waals surface area contributed by atoms with Gasteiger partial charge in [-0.2, -0.15) is 0 Å². The standard InChI is InChI=1S/C15H24N2O2/c1-8(2)16-14(18)12-10-5-6-11(7-10)13(12)15(19)17-9(3)4/h5-6,8-13H,7H2,1-4H3,(H,16,18)(H,17,19)/t10-,11+,12-,13-/m0/s1. The van der Waals surface area contributed by atoms with Gasteiger partial charge in [-0.1, -0.05) is 12.2 Å². The number of allylic oxidation sites excluding steroid dienone is 2. The Morgan fingerprint density at radius 3 is 1.58 bits per heavy atom. The van der Waals surface area contributed by atoms with Crippen LogP contribution in [0.2, 0.25) is 0 Å². The first-order chi connectivity index (χ1) is 8.90. The summed E-state index contributed by atoms with van der Waals surface area (Å²) in [6.45, 7) is 7.79. The van der Waals surface area contributed by atoms with E-state index in [1.54, 1.807) is 0 Å². The first-order valence-electron chi connectivity index (χ1n) is 7.19. The molecule has 0 aromatic heterocycles. The Labute approximate surface area is 115 Å². The minimum atomic E-state index is -0.198. The van der Waals surface area contributed by atoms with E-state index in [0.717, 1.165) is 6.42 Å². The Morgan fingerprint density at radius 2 is 1.26 bits per heavy atom. The zero-order valence-corrected chi connectivity index (χ0v) is 12.1. The van der Waals surface area contributed by atoms with Gasteiger partial charge in [0.2, 0.25) is 11.8 Å². The summed E-state index contributed by atoms with van der Waals surface area (Å²) in [6.07, 6.45) is 5.15. The number of nitrogens with one attached hydrogen (secondary N) is 2. The van der Waals surface area contributed by atoms with E-state index in [-0.39, 0.29) is 47.6 Å². The molecular weight excluding hydrogens is 240 g/mol. The largest absolute Gasteiger partial charge is 0.354 e. The molecule has 0 saturated heterocycles. The van der Waals surface area contributed by atoms with Crippen molar-refractivity contribution in [3.8, 4) is 0 Å². The summed E-state index contributed by atoms with van der Waals surface area (Å²) >= 11 is 0. The van der Waals surface area contributed by atoms with Crippen LogP contribution in [-0.4, -0.2) is 23.9 Å². The average Bonchev–Trinajstić information content (AvgIpc) is 2.85. The normalized spacial score (nSPS) is 32.1. The van der Waals surface area contributed by atoms with Crippen molar-refractivity contribution in [1.29, 1.82) is 0 Å². The highest BCUT2D eigenvalue weighted by atomic mass is 16.2. The van der Waals surface area contributed by atoms with Gasteiger partial charge in [-0.25, -0.2) is 0 Å². The van der Waals surface area contributed by atoms with Crippen molar-refractivity contribution < 1.29 is 9.59 Å². The number of fused-ring (bicyclic) bond motifs is 2. The number of amides is 2. The van der Waals surface area contributed by atoms with Gasteiger partial charge in [-0.05, 0) is 46.0 Å². The molecule has 19 heavy (non-hydrogen) atoms. The van der Waals surface area contributed by atoms with Crippen molar-refractivity contribution in [2.75, 3.05) is 0 Å². The molecule has 4 atom stereocenters. The third kappa shape index (κ3) is 2.82. The van der Waals surface area contributed by atoms with Crippen LogP contribution in [0.3, 0.4) is 0 Å². The molecule has 4 heteroatoms. The average molecular weight is 264 g/mol. The van der Waals surface area contributed by atoms with Crippen LogP contribution < -0.4 is 10.6 Å². The second-order valence-electron chi connectivity index (χ2n) is 6.33. The summed E-state index contributed by atoms with van der Waals surface area (Å²) in [4.78, 5) is 24.6. The van der Waals surface area contributed by atoms with Gasteiger partial charge >= 0.3 is 0 Å². The van der Waals surface area contributed by atoms with Gasteiger partial charge in [0.1, 0.15) is 0 Å². The fourth-order valence-corrected chi connectivity index (χ4v) is 3.30. The number of hydrogen-bond acceptors (Lipinski definition) is 2. The Hall–Kier alpha value is -1.32. The number of carbonyl (C=O) groups excluding carboxylic acids is 2. The van der Waals surface area contributed by atoms with Crippen LogP contribution in [0.25, 0.3) is 0 Å². The lowest BCUT2D eigenvalue weighted by Crippen LogP contribution is -2.46. The molecule has 1 saturated carbocycles. The molecule has 2 aliphatic carbocycles. The molecule has 2 bridgehead atoms. The quantitative estimate of drug-likeness (QED) is 0.756. The SMILES string of the molecule is CC(C)NC(=O)[C@@H]1[C@@H](C(=O)NC(C)C)[C@H]2C=C[C@@H]1C2. The summed E-state index contributed by atoms with van der Waals surface area (Å²) in [5, 5.41) is 5.91. The van der Waals surface area contributed by atoms with E-state index < -0.39 is 0 Å². The molecule has 0 aromatic carbocycles. The summed E-state index contributed by atoms with van der Waals surface area (Å²) in [7, 11) is 0. The van der Waals surface area contributed by atoms with E-state index >= 15 is 0 Å². The molecule has 0 aromatic rings. The summed E-state index contributed by atoms with van der Waals surface area (Å²) in [6, 6.07) is 0.230. The van der Waals surface area contributed by atoms with Gasteiger partial charge in [-0.3, -0.25) is 9.59 Å². The van der Waals surface area contributed by atoms with E-state index in [1.165, 1.54) is 0 Å². The number of rotatable bonds is 4. The second kappa shape index (κ2) is 5.35. The van der Waals surface area contributed by atoms with Crippen molar-refractivity contribution in [2.45, 2.75) is 46.2 Å². The molecule has 0 unspecified atom stereocenters. The van der Waals surface area contributed by atoms with Crippen molar-refractivity contribution in [1.82, 2.24) is 10.6 Å². The topological polar surface area (TPSA) is 58.2 Å². The first kappa shape index (κ1) is 14.1. The van der Waals surface area contributed by atoms with E-state index in [9.17, 15) is 9.59 Å². The predicted octanol–water partition coefficient (Wildman–Crippen LogP) is 1.47. The van der Waals surface area contributed by atoms with Crippen LogP contribution in [0.15, 0.2) is 12.2 Å². The maximum absolute atomic E-state index is 12.3. The van der Waals surface area contributed by atoms with Crippen LogP contribution in [0.1, 0.15) is 34.1 Å². The second-order valence-corrected chi connectivity index (χ2v) is 6.33. The highest BCUT2D eigenvalue weighted by Crippen LogP contribution is 2.48. The molecule has 106 valence electrons. The smallest absolute Gasteiger partial charge is 0.224 e. The molecule has 0 spiro atoms. The molecule has 2 aliphatic rings. The summed E-state index contributed by atoms with van der Waals surface area (Å²) < 4.78 is 0. The maximum atomic E-state index is 12.3. The molecule has 2 amide bonds. The van der Waals surface area contributed by atoms with Crippen LogP contribution in [0, 0.1) is 23.7 Å². The van der Waals surface area contributed by atoms with Crippen LogP contribution >= 0.6 is 0 Å². The lowest BCUT2D eigenvalue weighted by Gasteiger charge is -2.27. The van der Waals surface area contributed by atoms with E-state index in [4.69, 9.17) is 0 Å². The van der Waals surface area contributed by atoms with E-state index in [1.807, 2.05) is 27.7 Å². The van der Waals surface area contributed by atoms with Crippen molar-refractivity contribution in [3.05, 3.63) is 12.2 Å². The highest BCUT2D eigenvalue weighted by Gasteiger charge is 2.51. The summed E-state index contributed by atoms with van der Waals surface area (Å²) in [5.74, 6) is 0.108. The molecule has 2 rings (SSSR count). The van der Waals surface area contributed by atoms with Gasteiger partial charge in [0.05, 0.1) is 11.8 Å². The molecule has 1 fully saturated rings. The van der Waals surface area contributed by atoms with Crippen molar-refractivity contribution >= 4 is 11.8 Å². The molecule has 0 heterocycles. The lowest BCUT2D eigenvalue weighted by molar-refractivity contribution is -0.136. The Balaban J connectivity index is 2.13. The predicted molar refractivity (Wildman–Crippen MR) is 74.3 cm³/mol. The van der Waals surface area contributed by atoms with Crippen molar-refractivity contribution in [3.63, 3.8) is 0 Å². The number of carbonyl (C=O) groups is 2. The first-order valence-corrected chi connectivity index (χ1v) is 7.19. The van der Waals surface area contributed by atoms with Gasteiger partial charge in [-0.15, -0.1) is 0 Å². The van der Waals surface area contributed by atoms with Crippen LogP contribution in [-0.2, 0) is 9.59 Å². The van der Waals surface area contributed by atoms with Gasteiger partial charge in [0, 0.05) is 12.1 Å². The fraction of sp³-hybridized carbons (Fsp3) is 0.733.